The number of nitrogens with two attached hydrogens (primary N) is 1. The van der Waals surface area contributed by atoms with Crippen molar-refractivity contribution >= 4 is 5.84 Å². The number of nitrogens with one attached hydrogen (secondary N) is 1. The van der Waals surface area contributed by atoms with Crippen molar-refractivity contribution in [2.75, 3.05) is 6.61 Å². The van der Waals surface area contributed by atoms with Crippen molar-refractivity contribution in [2.45, 2.75) is 19.3 Å². The van der Waals surface area contributed by atoms with Gasteiger partial charge in [0, 0.05) is 11.8 Å². The molecule has 0 heterocycles. The molecule has 0 bridgehead atoms. The van der Waals surface area contributed by atoms with Crippen molar-refractivity contribution in [1.29, 1.82) is 5.41 Å². The number of para-hydroxylation sites is 1. The second-order valence-corrected chi connectivity index (χ2v) is 4.30. The first-order valence-electron chi connectivity index (χ1n) is 5.21. The highest BCUT2D eigenvalue weighted by Gasteiger charge is 2.43. The molecule has 1 fully saturated rings. The molecule has 1 aromatic carbocycles. The van der Waals surface area contributed by atoms with Crippen molar-refractivity contribution in [1.82, 2.24) is 0 Å². The maximum Gasteiger partial charge on any atom is 0.119 e. The first-order chi connectivity index (χ1) is 7.20. The summed E-state index contributed by atoms with van der Waals surface area (Å²) in [5.74, 6) is 1.16. The van der Waals surface area contributed by atoms with Crippen LogP contribution in [0.3, 0.4) is 0 Å². The molecule has 0 aliphatic heterocycles. The first-order valence-corrected chi connectivity index (χ1v) is 5.21. The molecule has 0 amide bonds. The fourth-order valence-electron chi connectivity index (χ4n) is 1.71. The van der Waals surface area contributed by atoms with E-state index in [-0.39, 0.29) is 11.3 Å². The molecule has 1 aliphatic rings. The third-order valence-electron chi connectivity index (χ3n) is 2.81. The van der Waals surface area contributed by atoms with Crippen molar-refractivity contribution in [3.63, 3.8) is 0 Å². The quantitative estimate of drug-likeness (QED) is 0.570. The molecular weight excluding hydrogens is 188 g/mol. The molecule has 0 saturated heterocycles. The number of hydrogen-bond acceptors (Lipinski definition) is 2. The molecule has 3 heteroatoms. The summed E-state index contributed by atoms with van der Waals surface area (Å²) in [7, 11) is 0. The van der Waals surface area contributed by atoms with Crippen LogP contribution >= 0.6 is 0 Å². The van der Waals surface area contributed by atoms with E-state index in [0.717, 1.165) is 18.6 Å². The van der Waals surface area contributed by atoms with Crippen molar-refractivity contribution in [3.8, 4) is 5.75 Å². The van der Waals surface area contributed by atoms with Crippen LogP contribution in [-0.4, -0.2) is 12.4 Å². The molecule has 3 N–H and O–H groups in total. The van der Waals surface area contributed by atoms with Gasteiger partial charge >= 0.3 is 0 Å². The summed E-state index contributed by atoms with van der Waals surface area (Å²) >= 11 is 0. The smallest absolute Gasteiger partial charge is 0.119 e. The lowest BCUT2D eigenvalue weighted by Gasteiger charge is -2.15. The van der Waals surface area contributed by atoms with Crippen LogP contribution in [0.15, 0.2) is 30.3 Å². The minimum absolute atomic E-state index is 0.154. The van der Waals surface area contributed by atoms with Gasteiger partial charge in [-0.15, -0.1) is 0 Å². The van der Waals surface area contributed by atoms with E-state index in [9.17, 15) is 0 Å². The Hall–Kier alpha value is -1.51. The normalized spacial score (nSPS) is 17.1. The van der Waals surface area contributed by atoms with E-state index in [0.29, 0.717) is 13.0 Å². The van der Waals surface area contributed by atoms with Crippen LogP contribution in [0.5, 0.6) is 5.75 Å². The Kier molecular flexibility index (Phi) is 2.62. The van der Waals surface area contributed by atoms with Crippen LogP contribution in [0, 0.1) is 10.8 Å². The molecule has 1 aromatic rings. The molecule has 80 valence electrons. The second kappa shape index (κ2) is 3.93. The first kappa shape index (κ1) is 10.0. The average molecular weight is 204 g/mol. The zero-order valence-corrected chi connectivity index (χ0v) is 8.70. The molecule has 1 aliphatic carbocycles. The van der Waals surface area contributed by atoms with Crippen LogP contribution in [-0.2, 0) is 0 Å². The molecule has 1 saturated carbocycles. The fraction of sp³-hybridized carbons (Fsp3) is 0.417. The summed E-state index contributed by atoms with van der Waals surface area (Å²) < 4.78 is 5.68. The number of amidine groups is 1. The van der Waals surface area contributed by atoms with Gasteiger partial charge in [-0.25, -0.2) is 0 Å². The highest BCUT2D eigenvalue weighted by atomic mass is 16.5. The zero-order chi connectivity index (χ0) is 10.7. The zero-order valence-electron chi connectivity index (χ0n) is 8.70. The van der Waals surface area contributed by atoms with Gasteiger partial charge < -0.3 is 10.5 Å². The predicted molar refractivity (Wildman–Crippen MR) is 60.1 cm³/mol. The lowest BCUT2D eigenvalue weighted by molar-refractivity contribution is 0.238. The Labute approximate surface area is 89.8 Å². The SMILES string of the molecule is N=C(N)CC1(COc2ccccc2)CC1. The van der Waals surface area contributed by atoms with Gasteiger partial charge in [-0.2, -0.15) is 0 Å². The monoisotopic (exact) mass is 204 g/mol. The molecule has 3 nitrogen and oxygen atoms in total. The van der Waals surface area contributed by atoms with Gasteiger partial charge in [-0.05, 0) is 25.0 Å². The summed E-state index contributed by atoms with van der Waals surface area (Å²) in [6.07, 6.45) is 2.92. The minimum atomic E-state index is 0.154. The van der Waals surface area contributed by atoms with E-state index >= 15 is 0 Å². The lowest BCUT2D eigenvalue weighted by Crippen LogP contribution is -2.21. The predicted octanol–water partition coefficient (Wildman–Crippen LogP) is 2.17. The highest BCUT2D eigenvalue weighted by molar-refractivity contribution is 5.78. The van der Waals surface area contributed by atoms with Gasteiger partial charge in [0.2, 0.25) is 0 Å². The van der Waals surface area contributed by atoms with E-state index < -0.39 is 0 Å². The topological polar surface area (TPSA) is 59.1 Å². The van der Waals surface area contributed by atoms with Gasteiger partial charge in [0.25, 0.3) is 0 Å². The van der Waals surface area contributed by atoms with E-state index in [1.165, 1.54) is 0 Å². The van der Waals surface area contributed by atoms with E-state index in [1.807, 2.05) is 30.3 Å². The van der Waals surface area contributed by atoms with Gasteiger partial charge in [0.1, 0.15) is 5.75 Å². The summed E-state index contributed by atoms with van der Waals surface area (Å²) in [5.41, 5.74) is 5.57. The lowest BCUT2D eigenvalue weighted by atomic mass is 10.0. The van der Waals surface area contributed by atoms with Crippen LogP contribution in [0.1, 0.15) is 19.3 Å². The Morgan fingerprint density at radius 3 is 2.53 bits per heavy atom. The fourth-order valence-corrected chi connectivity index (χ4v) is 1.71. The molecule has 0 aromatic heterocycles. The van der Waals surface area contributed by atoms with E-state index in [2.05, 4.69) is 0 Å². The number of benzene rings is 1. The molecule has 0 radical (unpaired) electrons. The average Bonchev–Trinajstić information content (AvgIpc) is 2.96. The Morgan fingerprint density at radius 2 is 2.00 bits per heavy atom. The maximum absolute atomic E-state index is 7.30. The largest absolute Gasteiger partial charge is 0.493 e. The van der Waals surface area contributed by atoms with Crippen molar-refractivity contribution in [2.24, 2.45) is 11.1 Å². The Morgan fingerprint density at radius 1 is 1.33 bits per heavy atom. The number of ether oxygens (including phenoxy) is 1. The van der Waals surface area contributed by atoms with E-state index in [1.54, 1.807) is 0 Å². The number of rotatable bonds is 5. The second-order valence-electron chi connectivity index (χ2n) is 4.30. The van der Waals surface area contributed by atoms with E-state index in [4.69, 9.17) is 15.9 Å². The van der Waals surface area contributed by atoms with Crippen LogP contribution < -0.4 is 10.5 Å². The van der Waals surface area contributed by atoms with Gasteiger partial charge in [-0.3, -0.25) is 5.41 Å². The molecule has 0 unspecified atom stereocenters. The molecular formula is C12H16N2O. The summed E-state index contributed by atoms with van der Waals surface area (Å²) in [6.45, 7) is 0.677. The van der Waals surface area contributed by atoms with Crippen LogP contribution in [0.4, 0.5) is 0 Å². The Balaban J connectivity index is 1.86. The van der Waals surface area contributed by atoms with Crippen molar-refractivity contribution < 1.29 is 4.74 Å². The third kappa shape index (κ3) is 2.72. The van der Waals surface area contributed by atoms with Crippen molar-refractivity contribution in [3.05, 3.63) is 30.3 Å². The van der Waals surface area contributed by atoms with Crippen LogP contribution in [0.25, 0.3) is 0 Å². The molecule has 15 heavy (non-hydrogen) atoms. The summed E-state index contributed by atoms with van der Waals surface area (Å²) in [5, 5.41) is 7.30. The third-order valence-corrected chi connectivity index (χ3v) is 2.81. The highest BCUT2D eigenvalue weighted by Crippen LogP contribution is 2.48. The number of hydrogen-bond donors (Lipinski definition) is 2. The Bertz CT molecular complexity index is 344. The molecule has 0 spiro atoms. The molecule has 2 rings (SSSR count). The maximum atomic E-state index is 7.30. The summed E-state index contributed by atoms with van der Waals surface area (Å²) in [4.78, 5) is 0. The molecule has 0 atom stereocenters. The van der Waals surface area contributed by atoms with Crippen LogP contribution in [0.2, 0.25) is 0 Å². The van der Waals surface area contributed by atoms with Gasteiger partial charge in [0.05, 0.1) is 12.4 Å². The van der Waals surface area contributed by atoms with Gasteiger partial charge in [0.15, 0.2) is 0 Å². The van der Waals surface area contributed by atoms with Gasteiger partial charge in [-0.1, -0.05) is 18.2 Å². The summed E-state index contributed by atoms with van der Waals surface area (Å²) in [6, 6.07) is 9.78. The minimum Gasteiger partial charge on any atom is -0.493 e. The standard InChI is InChI=1S/C12H16N2O/c13-11(14)8-12(6-7-12)9-15-10-4-2-1-3-5-10/h1-5H,6-9H2,(H3,13,14).